The van der Waals surface area contributed by atoms with Gasteiger partial charge in [0, 0.05) is 30.1 Å². The van der Waals surface area contributed by atoms with E-state index in [1.54, 1.807) is 18.5 Å². The molecule has 0 unspecified atom stereocenters. The number of fused-ring (bicyclic) bond motifs is 1. The van der Waals surface area contributed by atoms with Crippen molar-refractivity contribution in [3.8, 4) is 0 Å². The van der Waals surface area contributed by atoms with Crippen LogP contribution >= 0.6 is 0 Å². The molecule has 1 saturated carbocycles. The average molecular weight is 404 g/mol. The second kappa shape index (κ2) is 7.67. The Balaban J connectivity index is 1.39. The maximum Gasteiger partial charge on any atom is 0.235 e. The third-order valence-electron chi connectivity index (χ3n) is 6.73. The summed E-state index contributed by atoms with van der Waals surface area (Å²) in [4.78, 5) is 13.4. The Kier molecular flexibility index (Phi) is 4.85. The van der Waals surface area contributed by atoms with E-state index >= 15 is 0 Å². The van der Waals surface area contributed by atoms with Crippen LogP contribution in [0.5, 0.6) is 0 Å². The predicted molar refractivity (Wildman–Crippen MR) is 113 cm³/mol. The van der Waals surface area contributed by atoms with Crippen molar-refractivity contribution in [2.45, 2.75) is 56.4 Å². The van der Waals surface area contributed by atoms with Gasteiger partial charge in [-0.2, -0.15) is 0 Å². The number of rotatable bonds is 4. The highest BCUT2D eigenvalue weighted by atomic mass is 19.1. The molecular weight excluding hydrogens is 379 g/mol. The van der Waals surface area contributed by atoms with Gasteiger partial charge in [-0.3, -0.25) is 4.79 Å². The summed E-state index contributed by atoms with van der Waals surface area (Å²) >= 11 is 0. The molecule has 1 amide bonds. The molecule has 2 aromatic carbocycles. The standard InChI is InChI=1S/C24H25FN4O/c25-21-9-2-1-8-20(21)24(12-3-4-13-24)23(30)27-19-7-5-6-17(14-19)18-10-11-22-28-26-16-29(22)15-18/h1-2,5-9,14,16,18H,3-4,10-13,15H2,(H,27,30)/t18-/m1/s1. The zero-order chi connectivity index (χ0) is 20.6. The number of amides is 1. The summed E-state index contributed by atoms with van der Waals surface area (Å²) in [7, 11) is 0. The summed E-state index contributed by atoms with van der Waals surface area (Å²) in [5.41, 5.74) is 1.69. The van der Waals surface area contributed by atoms with Crippen molar-refractivity contribution in [2.24, 2.45) is 0 Å². The van der Waals surface area contributed by atoms with Gasteiger partial charge in [0.1, 0.15) is 18.0 Å². The number of benzene rings is 2. The molecule has 154 valence electrons. The maximum atomic E-state index is 14.6. The van der Waals surface area contributed by atoms with E-state index in [1.807, 2.05) is 18.2 Å². The monoisotopic (exact) mass is 404 g/mol. The summed E-state index contributed by atoms with van der Waals surface area (Å²) in [6.45, 7) is 0.846. The van der Waals surface area contributed by atoms with Gasteiger partial charge in [0.2, 0.25) is 5.91 Å². The van der Waals surface area contributed by atoms with Crippen molar-refractivity contribution < 1.29 is 9.18 Å². The summed E-state index contributed by atoms with van der Waals surface area (Å²) < 4.78 is 16.7. The van der Waals surface area contributed by atoms with Crippen molar-refractivity contribution in [3.05, 3.63) is 77.6 Å². The van der Waals surface area contributed by atoms with Crippen molar-refractivity contribution in [3.63, 3.8) is 0 Å². The van der Waals surface area contributed by atoms with E-state index in [9.17, 15) is 9.18 Å². The smallest absolute Gasteiger partial charge is 0.235 e. The Morgan fingerprint density at radius 1 is 1.13 bits per heavy atom. The average Bonchev–Trinajstić information content (AvgIpc) is 3.44. The van der Waals surface area contributed by atoms with Crippen molar-refractivity contribution in [2.75, 3.05) is 5.32 Å². The molecule has 1 atom stereocenters. The highest BCUT2D eigenvalue weighted by molar-refractivity contribution is 5.99. The van der Waals surface area contributed by atoms with Gasteiger partial charge in [0.05, 0.1) is 5.41 Å². The molecule has 1 N–H and O–H groups in total. The van der Waals surface area contributed by atoms with Gasteiger partial charge in [-0.05, 0) is 43.0 Å². The van der Waals surface area contributed by atoms with Gasteiger partial charge in [-0.25, -0.2) is 4.39 Å². The lowest BCUT2D eigenvalue weighted by Gasteiger charge is -2.29. The van der Waals surface area contributed by atoms with Gasteiger partial charge in [0.15, 0.2) is 0 Å². The molecule has 3 aromatic rings. The number of carbonyl (C=O) groups excluding carboxylic acids is 1. The molecule has 0 saturated heterocycles. The topological polar surface area (TPSA) is 59.8 Å². The Hall–Kier alpha value is -3.02. The van der Waals surface area contributed by atoms with Crippen LogP contribution in [0.3, 0.4) is 0 Å². The molecule has 0 radical (unpaired) electrons. The number of hydrogen-bond donors (Lipinski definition) is 1. The van der Waals surface area contributed by atoms with Crippen LogP contribution in [0.15, 0.2) is 54.9 Å². The lowest BCUT2D eigenvalue weighted by atomic mass is 9.77. The molecule has 30 heavy (non-hydrogen) atoms. The SMILES string of the molecule is O=C(Nc1cccc([C@@H]2CCc3nncn3C2)c1)C1(c2ccccc2F)CCCC1. The number of hydrogen-bond acceptors (Lipinski definition) is 3. The predicted octanol–water partition coefficient (Wildman–Crippen LogP) is 4.60. The van der Waals surface area contributed by atoms with Crippen LogP contribution in [0.1, 0.15) is 55.0 Å². The quantitative estimate of drug-likeness (QED) is 0.691. The second-order valence-electron chi connectivity index (χ2n) is 8.48. The van der Waals surface area contributed by atoms with Crippen molar-refractivity contribution in [1.29, 1.82) is 0 Å². The number of anilines is 1. The Morgan fingerprint density at radius 2 is 1.97 bits per heavy atom. The zero-order valence-electron chi connectivity index (χ0n) is 16.9. The Labute approximate surface area is 175 Å². The molecule has 5 nitrogen and oxygen atoms in total. The minimum atomic E-state index is -0.788. The van der Waals surface area contributed by atoms with Crippen molar-refractivity contribution >= 4 is 11.6 Å². The summed E-state index contributed by atoms with van der Waals surface area (Å²) in [6.07, 6.45) is 6.92. The first-order valence-corrected chi connectivity index (χ1v) is 10.7. The van der Waals surface area contributed by atoms with Gasteiger partial charge in [0.25, 0.3) is 0 Å². The maximum absolute atomic E-state index is 14.6. The molecule has 2 heterocycles. The summed E-state index contributed by atoms with van der Waals surface area (Å²) in [5, 5.41) is 11.3. The molecule has 1 aliphatic heterocycles. The first-order valence-electron chi connectivity index (χ1n) is 10.7. The fourth-order valence-corrected chi connectivity index (χ4v) is 5.10. The first-order chi connectivity index (χ1) is 14.7. The van der Waals surface area contributed by atoms with E-state index in [0.717, 1.165) is 43.7 Å². The molecule has 2 aliphatic rings. The van der Waals surface area contributed by atoms with Crippen LogP contribution in [-0.2, 0) is 23.2 Å². The van der Waals surface area contributed by atoms with E-state index < -0.39 is 5.41 Å². The minimum Gasteiger partial charge on any atom is -0.325 e. The van der Waals surface area contributed by atoms with Crippen LogP contribution in [0, 0.1) is 5.82 Å². The number of halogens is 1. The van der Waals surface area contributed by atoms with Crippen LogP contribution in [0.4, 0.5) is 10.1 Å². The van der Waals surface area contributed by atoms with Crippen LogP contribution in [-0.4, -0.2) is 20.7 Å². The number of aryl methyl sites for hydroxylation is 1. The molecule has 6 heteroatoms. The van der Waals surface area contributed by atoms with Gasteiger partial charge >= 0.3 is 0 Å². The lowest BCUT2D eigenvalue weighted by Crippen LogP contribution is -2.38. The fourth-order valence-electron chi connectivity index (χ4n) is 5.10. The summed E-state index contributed by atoms with van der Waals surface area (Å²) in [5.74, 6) is 0.989. The normalized spacial score (nSPS) is 20.0. The van der Waals surface area contributed by atoms with Gasteiger partial charge in [-0.15, -0.1) is 10.2 Å². The number of nitrogens with zero attached hydrogens (tertiary/aromatic N) is 3. The number of carbonyl (C=O) groups is 1. The van der Waals surface area contributed by atoms with Gasteiger partial charge < -0.3 is 9.88 Å². The van der Waals surface area contributed by atoms with Crippen LogP contribution in [0.25, 0.3) is 0 Å². The van der Waals surface area contributed by atoms with Crippen molar-refractivity contribution in [1.82, 2.24) is 14.8 Å². The third kappa shape index (κ3) is 3.30. The molecule has 1 fully saturated rings. The largest absolute Gasteiger partial charge is 0.325 e. The van der Waals surface area contributed by atoms with Crippen LogP contribution < -0.4 is 5.32 Å². The molecule has 0 spiro atoms. The summed E-state index contributed by atoms with van der Waals surface area (Å²) in [6, 6.07) is 14.8. The number of nitrogens with one attached hydrogen (secondary N) is 1. The Morgan fingerprint density at radius 3 is 2.80 bits per heavy atom. The zero-order valence-corrected chi connectivity index (χ0v) is 16.9. The second-order valence-corrected chi connectivity index (χ2v) is 8.48. The molecule has 5 rings (SSSR count). The third-order valence-corrected chi connectivity index (χ3v) is 6.73. The lowest BCUT2D eigenvalue weighted by molar-refractivity contribution is -0.121. The van der Waals surface area contributed by atoms with Crippen LogP contribution in [0.2, 0.25) is 0 Å². The van der Waals surface area contributed by atoms with E-state index in [0.29, 0.717) is 24.3 Å². The van der Waals surface area contributed by atoms with E-state index in [4.69, 9.17) is 0 Å². The highest BCUT2D eigenvalue weighted by Crippen LogP contribution is 2.43. The van der Waals surface area contributed by atoms with E-state index in [-0.39, 0.29) is 11.7 Å². The number of aromatic nitrogens is 3. The highest BCUT2D eigenvalue weighted by Gasteiger charge is 2.44. The first kappa shape index (κ1) is 19.0. The molecule has 1 aliphatic carbocycles. The molecular formula is C24H25FN4O. The minimum absolute atomic E-state index is 0.105. The van der Waals surface area contributed by atoms with E-state index in [2.05, 4.69) is 32.2 Å². The fraction of sp³-hybridized carbons (Fsp3) is 0.375. The molecule has 1 aromatic heterocycles. The van der Waals surface area contributed by atoms with Gasteiger partial charge in [-0.1, -0.05) is 43.2 Å². The molecule has 0 bridgehead atoms. The Bertz CT molecular complexity index is 1070. The van der Waals surface area contributed by atoms with E-state index in [1.165, 1.54) is 11.6 Å².